The predicted molar refractivity (Wildman–Crippen MR) is 81.7 cm³/mol. The van der Waals surface area contributed by atoms with E-state index < -0.39 is 0 Å². The fourth-order valence-corrected chi connectivity index (χ4v) is 2.33. The molecule has 0 N–H and O–H groups in total. The van der Waals surface area contributed by atoms with Crippen molar-refractivity contribution in [3.8, 4) is 16.8 Å². The van der Waals surface area contributed by atoms with Gasteiger partial charge in [-0.05, 0) is 42.0 Å². The minimum atomic E-state index is 0.730. The van der Waals surface area contributed by atoms with Gasteiger partial charge >= 0.3 is 0 Å². The molecule has 0 aliphatic rings. The van der Waals surface area contributed by atoms with Gasteiger partial charge in [0.15, 0.2) is 0 Å². The Hall–Kier alpha value is -1.58. The van der Waals surface area contributed by atoms with Crippen molar-refractivity contribution in [2.75, 3.05) is 0 Å². The molecule has 19 heavy (non-hydrogen) atoms. The number of hydrogen-bond donors (Lipinski definition) is 0. The Kier molecular flexibility index (Phi) is 3.40. The van der Waals surface area contributed by atoms with Crippen LogP contribution in [0.1, 0.15) is 0 Å². The number of hydrogen-bond acceptors (Lipinski definition) is 1. The Balaban J connectivity index is 1.97. The first-order valence-electron chi connectivity index (χ1n) is 5.79. The van der Waals surface area contributed by atoms with Crippen LogP contribution in [0.4, 0.5) is 0 Å². The molecule has 1 aromatic heterocycles. The summed E-state index contributed by atoms with van der Waals surface area (Å²) in [5.74, 6) is 0. The van der Waals surface area contributed by atoms with Crippen molar-refractivity contribution in [2.24, 2.45) is 0 Å². The maximum absolute atomic E-state index is 6.00. The third kappa shape index (κ3) is 2.72. The molecular weight excluding hydrogens is 324 g/mol. The van der Waals surface area contributed by atoms with E-state index in [1.54, 1.807) is 0 Å². The summed E-state index contributed by atoms with van der Waals surface area (Å²) < 4.78 is 2.90. The summed E-state index contributed by atoms with van der Waals surface area (Å²) in [6, 6.07) is 15.8. The molecule has 0 aliphatic carbocycles. The molecule has 3 aromatic rings. The molecule has 1 heterocycles. The van der Waals surface area contributed by atoms with E-state index in [1.807, 2.05) is 65.6 Å². The largest absolute Gasteiger partial charge is 0.240 e. The first-order chi connectivity index (χ1) is 9.22. The molecular formula is C15H10BrClN2. The molecule has 0 amide bonds. The SMILES string of the molecule is Clc1cccc(-c2cnn(-c3ccc(Br)cc3)c2)c1. The highest BCUT2D eigenvalue weighted by Crippen LogP contribution is 2.23. The second-order valence-electron chi connectivity index (χ2n) is 4.16. The average Bonchev–Trinajstić information content (AvgIpc) is 2.89. The smallest absolute Gasteiger partial charge is 0.0646 e. The highest BCUT2D eigenvalue weighted by Gasteiger charge is 2.03. The highest BCUT2D eigenvalue weighted by atomic mass is 79.9. The zero-order valence-corrected chi connectivity index (χ0v) is 12.3. The molecule has 0 unspecified atom stereocenters. The van der Waals surface area contributed by atoms with Gasteiger partial charge in [-0.15, -0.1) is 0 Å². The van der Waals surface area contributed by atoms with Gasteiger partial charge in [0.25, 0.3) is 0 Å². The second kappa shape index (κ2) is 5.19. The Labute approximate surface area is 124 Å². The molecule has 3 rings (SSSR count). The Morgan fingerprint density at radius 2 is 1.79 bits per heavy atom. The number of aromatic nitrogens is 2. The zero-order chi connectivity index (χ0) is 13.2. The van der Waals surface area contributed by atoms with Gasteiger partial charge in [0.2, 0.25) is 0 Å². The lowest BCUT2D eigenvalue weighted by molar-refractivity contribution is 0.880. The van der Waals surface area contributed by atoms with Crippen molar-refractivity contribution >= 4 is 27.5 Å². The quantitative estimate of drug-likeness (QED) is 0.648. The van der Waals surface area contributed by atoms with Gasteiger partial charge in [0.1, 0.15) is 0 Å². The van der Waals surface area contributed by atoms with Gasteiger partial charge in [-0.1, -0.05) is 39.7 Å². The number of halogens is 2. The van der Waals surface area contributed by atoms with E-state index in [-0.39, 0.29) is 0 Å². The van der Waals surface area contributed by atoms with Gasteiger partial charge in [0.05, 0.1) is 11.9 Å². The molecule has 0 bridgehead atoms. The van der Waals surface area contributed by atoms with E-state index in [2.05, 4.69) is 21.0 Å². The van der Waals surface area contributed by atoms with Gasteiger partial charge in [-0.3, -0.25) is 0 Å². The number of rotatable bonds is 2. The van der Waals surface area contributed by atoms with Crippen molar-refractivity contribution in [3.05, 3.63) is 70.4 Å². The summed E-state index contributed by atoms with van der Waals surface area (Å²) in [6.07, 6.45) is 3.84. The number of benzene rings is 2. The minimum absolute atomic E-state index is 0.730. The maximum atomic E-state index is 6.00. The topological polar surface area (TPSA) is 17.8 Å². The Bertz CT molecular complexity index is 704. The molecule has 0 aliphatic heterocycles. The van der Waals surface area contributed by atoms with Crippen LogP contribution in [0.3, 0.4) is 0 Å². The molecule has 2 nitrogen and oxygen atoms in total. The van der Waals surface area contributed by atoms with Crippen molar-refractivity contribution in [2.45, 2.75) is 0 Å². The van der Waals surface area contributed by atoms with Crippen LogP contribution in [0.15, 0.2) is 65.4 Å². The minimum Gasteiger partial charge on any atom is -0.240 e. The molecule has 0 saturated carbocycles. The Morgan fingerprint density at radius 3 is 2.53 bits per heavy atom. The zero-order valence-electron chi connectivity index (χ0n) is 9.92. The molecule has 94 valence electrons. The second-order valence-corrected chi connectivity index (χ2v) is 5.51. The molecule has 0 atom stereocenters. The molecule has 0 radical (unpaired) electrons. The summed E-state index contributed by atoms with van der Waals surface area (Å²) in [7, 11) is 0. The van der Waals surface area contributed by atoms with Crippen molar-refractivity contribution in [1.29, 1.82) is 0 Å². The molecule has 0 fully saturated rings. The average molecular weight is 334 g/mol. The van der Waals surface area contributed by atoms with Crippen molar-refractivity contribution < 1.29 is 0 Å². The van der Waals surface area contributed by atoms with Gasteiger partial charge in [0, 0.05) is 21.3 Å². The lowest BCUT2D eigenvalue weighted by Gasteiger charge is -2.01. The highest BCUT2D eigenvalue weighted by molar-refractivity contribution is 9.10. The summed E-state index contributed by atoms with van der Waals surface area (Å²) in [6.45, 7) is 0. The first-order valence-corrected chi connectivity index (χ1v) is 6.96. The van der Waals surface area contributed by atoms with Crippen molar-refractivity contribution in [3.63, 3.8) is 0 Å². The Morgan fingerprint density at radius 1 is 1.00 bits per heavy atom. The fraction of sp³-hybridized carbons (Fsp3) is 0. The van der Waals surface area contributed by atoms with Gasteiger partial charge < -0.3 is 0 Å². The molecule has 4 heteroatoms. The lowest BCUT2D eigenvalue weighted by Crippen LogP contribution is -1.92. The fourth-order valence-electron chi connectivity index (χ4n) is 1.87. The first kappa shape index (κ1) is 12.5. The summed E-state index contributed by atoms with van der Waals surface area (Å²) in [5, 5.41) is 5.11. The summed E-state index contributed by atoms with van der Waals surface area (Å²) >= 11 is 9.43. The predicted octanol–water partition coefficient (Wildman–Crippen LogP) is 4.96. The van der Waals surface area contributed by atoms with E-state index in [0.717, 1.165) is 26.3 Å². The van der Waals surface area contributed by atoms with Crippen molar-refractivity contribution in [1.82, 2.24) is 9.78 Å². The molecule has 0 spiro atoms. The summed E-state index contributed by atoms with van der Waals surface area (Å²) in [4.78, 5) is 0. The normalized spacial score (nSPS) is 10.6. The van der Waals surface area contributed by atoms with E-state index in [1.165, 1.54) is 0 Å². The third-order valence-corrected chi connectivity index (χ3v) is 3.60. The standard InChI is InChI=1S/C15H10BrClN2/c16-13-4-6-15(7-5-13)19-10-12(9-18-19)11-2-1-3-14(17)8-11/h1-10H. The monoisotopic (exact) mass is 332 g/mol. The molecule has 0 saturated heterocycles. The van der Waals surface area contributed by atoms with E-state index >= 15 is 0 Å². The maximum Gasteiger partial charge on any atom is 0.0646 e. The van der Waals surface area contributed by atoms with Gasteiger partial charge in [-0.25, -0.2) is 4.68 Å². The van der Waals surface area contributed by atoms with Crippen LogP contribution in [-0.2, 0) is 0 Å². The van der Waals surface area contributed by atoms with Crippen LogP contribution in [0.5, 0.6) is 0 Å². The lowest BCUT2D eigenvalue weighted by atomic mass is 10.1. The van der Waals surface area contributed by atoms with Crippen LogP contribution in [-0.4, -0.2) is 9.78 Å². The number of nitrogens with zero attached hydrogens (tertiary/aromatic N) is 2. The van der Waals surface area contributed by atoms with Crippen LogP contribution < -0.4 is 0 Å². The van der Waals surface area contributed by atoms with Crippen LogP contribution in [0, 0.1) is 0 Å². The van der Waals surface area contributed by atoms with Crippen LogP contribution in [0.2, 0.25) is 5.02 Å². The summed E-state index contributed by atoms with van der Waals surface area (Å²) in [5.41, 5.74) is 3.14. The van der Waals surface area contributed by atoms with E-state index in [9.17, 15) is 0 Å². The van der Waals surface area contributed by atoms with Crippen LogP contribution >= 0.6 is 27.5 Å². The van der Waals surface area contributed by atoms with Gasteiger partial charge in [-0.2, -0.15) is 5.10 Å². The third-order valence-electron chi connectivity index (χ3n) is 2.83. The van der Waals surface area contributed by atoms with E-state index in [4.69, 9.17) is 11.6 Å². The van der Waals surface area contributed by atoms with Crippen LogP contribution in [0.25, 0.3) is 16.8 Å². The van der Waals surface area contributed by atoms with E-state index in [0.29, 0.717) is 0 Å². The molecule has 2 aromatic carbocycles.